The number of aryl methyl sites for hydroxylation is 1. The third kappa shape index (κ3) is 5.29. The molecule has 1 aromatic heterocycles. The summed E-state index contributed by atoms with van der Waals surface area (Å²) in [5.41, 5.74) is 0.0143. The summed E-state index contributed by atoms with van der Waals surface area (Å²) in [6.07, 6.45) is 4.80. The molecule has 0 saturated heterocycles. The van der Waals surface area contributed by atoms with E-state index in [0.717, 1.165) is 25.7 Å². The molecule has 172 valence electrons. The van der Waals surface area contributed by atoms with Gasteiger partial charge in [0.1, 0.15) is 6.61 Å². The molecule has 0 aromatic carbocycles. The Balaban J connectivity index is 1.92. The normalized spacial score (nSPS) is 29.4. The smallest absolute Gasteiger partial charge is 0.260 e. The second-order valence-corrected chi connectivity index (χ2v) is 10.9. The van der Waals surface area contributed by atoms with Crippen LogP contribution < -0.4 is 5.56 Å². The minimum atomic E-state index is -1.38. The van der Waals surface area contributed by atoms with E-state index < -0.39 is 14.1 Å². The van der Waals surface area contributed by atoms with Crippen LogP contribution in [0.25, 0.3) is 4.85 Å². The number of rotatable bonds is 9. The van der Waals surface area contributed by atoms with E-state index in [2.05, 4.69) is 42.2 Å². The van der Waals surface area contributed by atoms with Gasteiger partial charge in [0, 0.05) is 31.3 Å². The minimum absolute atomic E-state index is 0.0721. The maximum atomic E-state index is 12.0. The first-order valence-electron chi connectivity index (χ1n) is 11.6. The summed E-state index contributed by atoms with van der Waals surface area (Å²) in [6.45, 7) is 18.1. The molecular weight excluding hydrogens is 431 g/mol. The molecule has 1 heterocycles. The highest BCUT2D eigenvalue weighted by molar-refractivity contribution is 7.71. The lowest BCUT2D eigenvalue weighted by molar-refractivity contribution is 0.0264. The molecule has 31 heavy (non-hydrogen) atoms. The number of H-pyrrole nitrogens is 1. The first-order valence-corrected chi connectivity index (χ1v) is 12.6. The van der Waals surface area contributed by atoms with E-state index in [9.17, 15) is 4.79 Å². The van der Waals surface area contributed by atoms with Crippen LogP contribution >= 0.6 is 20.7 Å². The Morgan fingerprint density at radius 1 is 1.48 bits per heavy atom. The Hall–Kier alpha value is -1.10. The van der Waals surface area contributed by atoms with Crippen molar-refractivity contribution in [2.75, 3.05) is 13.2 Å². The largest absolute Gasteiger partial charge is 0.322 e. The minimum Gasteiger partial charge on any atom is -0.322 e. The van der Waals surface area contributed by atoms with Crippen molar-refractivity contribution in [2.45, 2.75) is 90.4 Å². The van der Waals surface area contributed by atoms with Crippen molar-refractivity contribution in [1.29, 1.82) is 0 Å². The summed E-state index contributed by atoms with van der Waals surface area (Å²) in [5.74, 6) is 0.0808. The SMILES string of the molecule is [2H][C@@H]1CC[C@]2(OP(OCC[N+]#[C-])N(C(C)C)C(C)C)C[C@H](n3cc(C)c(=O)[nH]c3=S)C[C@H]12. The maximum absolute atomic E-state index is 12.0. The average molecular weight is 468 g/mol. The highest BCUT2D eigenvalue weighted by Crippen LogP contribution is 2.61. The van der Waals surface area contributed by atoms with Crippen molar-refractivity contribution in [3.8, 4) is 0 Å². The van der Waals surface area contributed by atoms with Crippen LogP contribution in [0, 0.1) is 24.2 Å². The van der Waals surface area contributed by atoms with Crippen LogP contribution in [0.2, 0.25) is 0 Å². The molecule has 0 aliphatic heterocycles. The molecule has 1 unspecified atom stereocenters. The molecule has 5 atom stereocenters. The lowest BCUT2D eigenvalue weighted by Gasteiger charge is -2.41. The third-order valence-electron chi connectivity index (χ3n) is 6.25. The molecule has 0 radical (unpaired) electrons. The summed E-state index contributed by atoms with van der Waals surface area (Å²) in [6, 6.07) is 0.525. The predicted octanol–water partition coefficient (Wildman–Crippen LogP) is 5.39. The quantitative estimate of drug-likeness (QED) is 0.228. The van der Waals surface area contributed by atoms with E-state index in [4.69, 9.17) is 29.2 Å². The van der Waals surface area contributed by atoms with Gasteiger partial charge in [-0.1, -0.05) is 6.42 Å². The predicted molar refractivity (Wildman–Crippen MR) is 127 cm³/mol. The molecule has 2 fully saturated rings. The summed E-state index contributed by atoms with van der Waals surface area (Å²) in [7, 11) is -1.38. The van der Waals surface area contributed by atoms with Crippen LogP contribution in [-0.4, -0.2) is 45.1 Å². The molecule has 3 rings (SSSR count). The van der Waals surface area contributed by atoms with Crippen LogP contribution in [0.1, 0.15) is 72.8 Å². The van der Waals surface area contributed by atoms with E-state index in [-0.39, 0.29) is 36.0 Å². The summed E-state index contributed by atoms with van der Waals surface area (Å²) < 4.78 is 26.4. The molecule has 9 heteroatoms. The average Bonchev–Trinajstić information content (AvgIpc) is 3.21. The van der Waals surface area contributed by atoms with Gasteiger partial charge in [0.2, 0.25) is 6.54 Å². The van der Waals surface area contributed by atoms with Crippen molar-refractivity contribution in [1.82, 2.24) is 14.2 Å². The van der Waals surface area contributed by atoms with Crippen molar-refractivity contribution in [3.05, 3.63) is 38.3 Å². The zero-order valence-electron chi connectivity index (χ0n) is 20.1. The Kier molecular flexibility index (Phi) is 7.61. The molecule has 0 spiro atoms. The molecule has 1 N–H and O–H groups in total. The van der Waals surface area contributed by atoms with E-state index in [1.54, 1.807) is 6.92 Å². The van der Waals surface area contributed by atoms with Gasteiger partial charge in [0.05, 0.1) is 5.60 Å². The van der Waals surface area contributed by atoms with Crippen molar-refractivity contribution >= 4 is 20.7 Å². The van der Waals surface area contributed by atoms with Gasteiger partial charge in [-0.05, 0) is 78.4 Å². The lowest BCUT2D eigenvalue weighted by Crippen LogP contribution is -2.38. The van der Waals surface area contributed by atoms with Gasteiger partial charge in [-0.3, -0.25) is 9.78 Å². The Labute approximate surface area is 193 Å². The zero-order valence-corrected chi connectivity index (χ0v) is 20.8. The van der Waals surface area contributed by atoms with Crippen LogP contribution in [0.5, 0.6) is 0 Å². The molecule has 2 aliphatic carbocycles. The second-order valence-electron chi connectivity index (χ2n) is 9.13. The standard InChI is InChI=1S/C22H35N4O3PS/c1-15(2)26(16(3)4)30(28-11-10-23-6)29-22-9-7-8-18(22)12-19(13-22)25-14-17(5)20(27)24-21(25)31/h14-16,18-19H,7-13H2,1-5H3,(H,24,27,31)/t18-,19+,22-,30?/m0/s1/i8D/t8-,18+,19-,22+,30?/m1. The monoisotopic (exact) mass is 467 g/mol. The van der Waals surface area contributed by atoms with E-state index >= 15 is 0 Å². The van der Waals surface area contributed by atoms with Crippen LogP contribution in [0.15, 0.2) is 11.0 Å². The highest BCUT2D eigenvalue weighted by atomic mass is 32.1. The fraction of sp³-hybridized carbons (Fsp3) is 0.773. The third-order valence-corrected chi connectivity index (χ3v) is 8.79. The van der Waals surface area contributed by atoms with Gasteiger partial charge in [0.25, 0.3) is 14.1 Å². The Morgan fingerprint density at radius 2 is 2.19 bits per heavy atom. The summed E-state index contributed by atoms with van der Waals surface area (Å²) in [4.78, 5) is 18.2. The Morgan fingerprint density at radius 3 is 2.84 bits per heavy atom. The molecule has 2 aliphatic rings. The van der Waals surface area contributed by atoms with Gasteiger partial charge in [-0.15, -0.1) is 0 Å². The first kappa shape index (κ1) is 23.1. The lowest BCUT2D eigenvalue weighted by atomic mass is 9.95. The molecular formula is C22H35N4O3PS. The fourth-order valence-electron chi connectivity index (χ4n) is 4.92. The zero-order chi connectivity index (χ0) is 23.6. The second kappa shape index (κ2) is 10.2. The van der Waals surface area contributed by atoms with Gasteiger partial charge in [-0.2, -0.15) is 0 Å². The highest BCUT2D eigenvalue weighted by Gasteiger charge is 2.54. The molecule has 1 aromatic rings. The summed E-state index contributed by atoms with van der Waals surface area (Å²) in [5, 5.41) is 0. The molecule has 0 amide bonds. The fourth-order valence-corrected chi connectivity index (χ4v) is 7.10. The van der Waals surface area contributed by atoms with Crippen LogP contribution in [-0.2, 0) is 9.05 Å². The number of aromatic amines is 1. The number of hydrogen-bond acceptors (Lipinski definition) is 5. The number of aromatic nitrogens is 2. The maximum Gasteiger partial charge on any atom is 0.260 e. The Bertz CT molecular complexity index is 954. The molecule has 2 saturated carbocycles. The number of nitrogens with one attached hydrogen (secondary N) is 1. The van der Waals surface area contributed by atoms with Gasteiger partial charge >= 0.3 is 0 Å². The van der Waals surface area contributed by atoms with Gasteiger partial charge in [0.15, 0.2) is 4.77 Å². The van der Waals surface area contributed by atoms with Gasteiger partial charge in [-0.25, -0.2) is 11.2 Å². The summed E-state index contributed by atoms with van der Waals surface area (Å²) >= 11 is 5.46. The van der Waals surface area contributed by atoms with E-state index in [0.29, 0.717) is 23.5 Å². The number of fused-ring (bicyclic) bond motifs is 1. The van der Waals surface area contributed by atoms with E-state index in [1.165, 1.54) is 0 Å². The first-order chi connectivity index (χ1) is 15.1. The number of hydrogen-bond donors (Lipinski definition) is 1. The molecule has 0 bridgehead atoms. The van der Waals surface area contributed by atoms with Gasteiger partial charge < -0.3 is 18.5 Å². The number of nitrogens with zero attached hydrogens (tertiary/aromatic N) is 3. The topological polar surface area (TPSA) is 63.9 Å². The van der Waals surface area contributed by atoms with Crippen molar-refractivity contribution < 1.29 is 10.4 Å². The van der Waals surface area contributed by atoms with Crippen LogP contribution in [0.4, 0.5) is 0 Å². The van der Waals surface area contributed by atoms with E-state index in [1.807, 2.05) is 10.8 Å². The van der Waals surface area contributed by atoms with Crippen molar-refractivity contribution in [2.24, 2.45) is 5.92 Å². The van der Waals surface area contributed by atoms with Crippen molar-refractivity contribution in [3.63, 3.8) is 0 Å². The molecule has 7 nitrogen and oxygen atoms in total. The van der Waals surface area contributed by atoms with Crippen LogP contribution in [0.3, 0.4) is 0 Å².